The van der Waals surface area contributed by atoms with E-state index in [9.17, 15) is 0 Å². The summed E-state index contributed by atoms with van der Waals surface area (Å²) in [6, 6.07) is 10.2. The summed E-state index contributed by atoms with van der Waals surface area (Å²) in [4.78, 5) is 1.79. The van der Waals surface area contributed by atoms with E-state index in [2.05, 4.69) is 33.7 Å². The fourth-order valence-electron chi connectivity index (χ4n) is 3.00. The Bertz CT molecular complexity index is 846. The number of hydrogen-bond donors (Lipinski definition) is 1. The van der Waals surface area contributed by atoms with Gasteiger partial charge in [0.15, 0.2) is 6.19 Å². The highest BCUT2D eigenvalue weighted by molar-refractivity contribution is 5.70. The maximum Gasteiger partial charge on any atom is 0.179 e. The van der Waals surface area contributed by atoms with Crippen molar-refractivity contribution in [2.45, 2.75) is 12.3 Å². The van der Waals surface area contributed by atoms with Crippen LogP contribution in [0.3, 0.4) is 0 Å². The molecule has 1 aliphatic rings. The van der Waals surface area contributed by atoms with E-state index in [1.165, 1.54) is 0 Å². The Hall–Kier alpha value is -3.07. The standard InChI is InChI=1S/C17H15N5O/c18-11-22-5-4-14(9-22)17-7-16(20-21-17)13-3-1-2-12(6-13)15-8-19-23-10-15/h1-3,6-8,10,14H,4-5,9H2,(H,20,21)/t14-/m1/s1. The predicted octanol–water partition coefficient (Wildman–Crippen LogP) is 3.00. The molecule has 0 saturated carbocycles. The molecule has 6 nitrogen and oxygen atoms in total. The highest BCUT2D eigenvalue weighted by Gasteiger charge is 2.24. The number of nitrogens with one attached hydrogen (secondary N) is 1. The van der Waals surface area contributed by atoms with Gasteiger partial charge in [-0.15, -0.1) is 0 Å². The minimum absolute atomic E-state index is 0.345. The number of hydrogen-bond acceptors (Lipinski definition) is 5. The van der Waals surface area contributed by atoms with Crippen molar-refractivity contribution in [2.24, 2.45) is 0 Å². The fraction of sp³-hybridized carbons (Fsp3) is 0.235. The monoisotopic (exact) mass is 305 g/mol. The molecule has 0 unspecified atom stereocenters. The molecule has 3 heterocycles. The zero-order chi connectivity index (χ0) is 15.6. The van der Waals surface area contributed by atoms with Gasteiger partial charge in [0.1, 0.15) is 6.26 Å². The Labute approximate surface area is 133 Å². The van der Waals surface area contributed by atoms with Gasteiger partial charge >= 0.3 is 0 Å². The minimum atomic E-state index is 0.345. The van der Waals surface area contributed by atoms with Gasteiger partial charge in [0, 0.05) is 35.8 Å². The maximum atomic E-state index is 8.97. The summed E-state index contributed by atoms with van der Waals surface area (Å²) >= 11 is 0. The number of benzene rings is 1. The molecular weight excluding hydrogens is 290 g/mol. The highest BCUT2D eigenvalue weighted by atomic mass is 16.5. The normalized spacial score (nSPS) is 17.3. The van der Waals surface area contributed by atoms with Crippen LogP contribution in [0.4, 0.5) is 0 Å². The molecule has 6 heteroatoms. The number of H-pyrrole nitrogens is 1. The number of rotatable bonds is 3. The van der Waals surface area contributed by atoms with Crippen LogP contribution in [0.2, 0.25) is 0 Å². The van der Waals surface area contributed by atoms with E-state index in [-0.39, 0.29) is 0 Å². The number of likely N-dealkylation sites (tertiary alicyclic amines) is 1. The van der Waals surface area contributed by atoms with E-state index < -0.39 is 0 Å². The number of aromatic nitrogens is 3. The van der Waals surface area contributed by atoms with Crippen LogP contribution in [-0.4, -0.2) is 33.3 Å². The summed E-state index contributed by atoms with van der Waals surface area (Å²) in [5.41, 5.74) is 5.04. The van der Waals surface area contributed by atoms with E-state index in [1.807, 2.05) is 18.2 Å². The van der Waals surface area contributed by atoms with Gasteiger partial charge in [-0.1, -0.05) is 23.4 Å². The number of aromatic amines is 1. The molecule has 0 amide bonds. The van der Waals surface area contributed by atoms with Gasteiger partial charge in [0.2, 0.25) is 0 Å². The van der Waals surface area contributed by atoms with Gasteiger partial charge in [-0.05, 0) is 24.1 Å². The van der Waals surface area contributed by atoms with Crippen molar-refractivity contribution in [3.8, 4) is 28.6 Å². The molecule has 4 rings (SSSR count). The first-order chi connectivity index (χ1) is 11.3. The van der Waals surface area contributed by atoms with Crippen molar-refractivity contribution < 1.29 is 4.52 Å². The lowest BCUT2D eigenvalue weighted by atomic mass is 10.0. The molecule has 1 atom stereocenters. The van der Waals surface area contributed by atoms with Gasteiger partial charge < -0.3 is 9.42 Å². The first kappa shape index (κ1) is 13.6. The third-order valence-electron chi connectivity index (χ3n) is 4.29. The molecule has 1 aromatic carbocycles. The lowest BCUT2D eigenvalue weighted by Gasteiger charge is -2.06. The molecule has 0 bridgehead atoms. The molecule has 1 N–H and O–H groups in total. The lowest BCUT2D eigenvalue weighted by Crippen LogP contribution is -2.12. The molecule has 2 aromatic heterocycles. The summed E-state index contributed by atoms with van der Waals surface area (Å²) in [5.74, 6) is 0.345. The third-order valence-corrected chi connectivity index (χ3v) is 4.29. The highest BCUT2D eigenvalue weighted by Crippen LogP contribution is 2.30. The topological polar surface area (TPSA) is 81.7 Å². The maximum absolute atomic E-state index is 8.97. The van der Waals surface area contributed by atoms with Crippen LogP contribution in [0.15, 0.2) is 47.3 Å². The van der Waals surface area contributed by atoms with Crippen LogP contribution >= 0.6 is 0 Å². The van der Waals surface area contributed by atoms with Crippen molar-refractivity contribution in [2.75, 3.05) is 13.1 Å². The first-order valence-electron chi connectivity index (χ1n) is 7.53. The van der Waals surface area contributed by atoms with Crippen LogP contribution in [-0.2, 0) is 0 Å². The second-order valence-corrected chi connectivity index (χ2v) is 5.73. The predicted molar refractivity (Wildman–Crippen MR) is 84.1 cm³/mol. The van der Waals surface area contributed by atoms with Crippen molar-refractivity contribution >= 4 is 0 Å². The van der Waals surface area contributed by atoms with Crippen molar-refractivity contribution in [3.63, 3.8) is 0 Å². The lowest BCUT2D eigenvalue weighted by molar-refractivity contribution is 0.420. The Morgan fingerprint density at radius 2 is 2.17 bits per heavy atom. The molecule has 23 heavy (non-hydrogen) atoms. The molecule has 1 saturated heterocycles. The zero-order valence-electron chi connectivity index (χ0n) is 12.4. The minimum Gasteiger partial charge on any atom is -0.364 e. The van der Waals surface area contributed by atoms with Gasteiger partial charge in [-0.25, -0.2) is 0 Å². The second kappa shape index (κ2) is 5.61. The molecule has 0 spiro atoms. The van der Waals surface area contributed by atoms with Gasteiger partial charge in [-0.2, -0.15) is 10.4 Å². The van der Waals surface area contributed by atoms with Crippen LogP contribution in [0.5, 0.6) is 0 Å². The van der Waals surface area contributed by atoms with Crippen LogP contribution in [0.1, 0.15) is 18.0 Å². The molecule has 1 aliphatic heterocycles. The first-order valence-corrected chi connectivity index (χ1v) is 7.53. The van der Waals surface area contributed by atoms with E-state index in [1.54, 1.807) is 17.4 Å². The Morgan fingerprint density at radius 1 is 1.26 bits per heavy atom. The zero-order valence-corrected chi connectivity index (χ0v) is 12.4. The molecule has 3 aromatic rings. The SMILES string of the molecule is N#CN1CC[C@@H](c2cc(-c3cccc(-c4cnoc4)c3)n[nH]2)C1. The Morgan fingerprint density at radius 3 is 2.96 bits per heavy atom. The van der Waals surface area contributed by atoms with Gasteiger partial charge in [0.25, 0.3) is 0 Å². The number of nitriles is 1. The van der Waals surface area contributed by atoms with Crippen LogP contribution in [0, 0.1) is 11.5 Å². The van der Waals surface area contributed by atoms with E-state index >= 15 is 0 Å². The largest absolute Gasteiger partial charge is 0.364 e. The summed E-state index contributed by atoms with van der Waals surface area (Å²) < 4.78 is 4.90. The van der Waals surface area contributed by atoms with Crippen molar-refractivity contribution in [1.29, 1.82) is 5.26 Å². The van der Waals surface area contributed by atoms with Gasteiger partial charge in [-0.3, -0.25) is 5.10 Å². The second-order valence-electron chi connectivity index (χ2n) is 5.73. The van der Waals surface area contributed by atoms with Crippen molar-refractivity contribution in [3.05, 3.63) is 48.5 Å². The fourth-order valence-corrected chi connectivity index (χ4v) is 3.00. The summed E-state index contributed by atoms with van der Waals surface area (Å²) in [6.07, 6.45) is 6.52. The average molecular weight is 305 g/mol. The van der Waals surface area contributed by atoms with Gasteiger partial charge in [0.05, 0.1) is 11.9 Å². The summed E-state index contributed by atoms with van der Waals surface area (Å²) in [5, 5.41) is 20.3. The summed E-state index contributed by atoms with van der Waals surface area (Å²) in [6.45, 7) is 1.58. The molecule has 0 radical (unpaired) electrons. The quantitative estimate of drug-likeness (QED) is 0.752. The molecule has 0 aliphatic carbocycles. The molecule has 1 fully saturated rings. The summed E-state index contributed by atoms with van der Waals surface area (Å²) in [7, 11) is 0. The average Bonchev–Trinajstić information content (AvgIpc) is 3.35. The number of nitrogens with zero attached hydrogens (tertiary/aromatic N) is 4. The van der Waals surface area contributed by atoms with E-state index in [0.29, 0.717) is 5.92 Å². The molecular formula is C17H15N5O. The van der Waals surface area contributed by atoms with Crippen LogP contribution < -0.4 is 0 Å². The Balaban J connectivity index is 1.60. The van der Waals surface area contributed by atoms with Crippen LogP contribution in [0.25, 0.3) is 22.4 Å². The Kier molecular flexibility index (Phi) is 3.31. The van der Waals surface area contributed by atoms with Crippen molar-refractivity contribution in [1.82, 2.24) is 20.3 Å². The van der Waals surface area contributed by atoms with E-state index in [4.69, 9.17) is 9.78 Å². The smallest absolute Gasteiger partial charge is 0.179 e. The van der Waals surface area contributed by atoms with E-state index in [0.717, 1.165) is 47.6 Å². The molecule has 114 valence electrons. The third kappa shape index (κ3) is 2.57.